The van der Waals surface area contributed by atoms with Gasteiger partial charge in [-0.15, -0.1) is 0 Å². The number of aryl methyl sites for hydroxylation is 1. The number of fused-ring (bicyclic) bond motifs is 2. The van der Waals surface area contributed by atoms with Gasteiger partial charge in [-0.25, -0.2) is 22.6 Å². The lowest BCUT2D eigenvalue weighted by Gasteiger charge is -2.38. The minimum Gasteiger partial charge on any atom is -0.493 e. The van der Waals surface area contributed by atoms with E-state index in [1.165, 1.54) is 30.3 Å². The zero-order valence-electron chi connectivity index (χ0n) is 38.4. The van der Waals surface area contributed by atoms with Crippen LogP contribution in [0.2, 0.25) is 0 Å². The number of piperazine rings is 1. The second-order valence-corrected chi connectivity index (χ2v) is 19.8. The number of ether oxygens (including phenoxy) is 3. The number of rotatable bonds is 15. The number of nitrogens with one attached hydrogen (secondary N) is 1. The van der Waals surface area contributed by atoms with Crippen LogP contribution in [0.15, 0.2) is 66.9 Å². The molecule has 3 fully saturated rings. The molecule has 2 aromatic heterocycles. The van der Waals surface area contributed by atoms with Gasteiger partial charge >= 0.3 is 6.03 Å². The van der Waals surface area contributed by atoms with Crippen LogP contribution in [0.3, 0.4) is 0 Å². The number of carbonyl (C=O) groups is 4. The third kappa shape index (κ3) is 9.38. The minimum atomic E-state index is -3.65. The van der Waals surface area contributed by atoms with E-state index in [9.17, 15) is 27.6 Å². The molecule has 9 rings (SSSR count). The van der Waals surface area contributed by atoms with Crippen molar-refractivity contribution in [1.82, 2.24) is 29.9 Å². The Hall–Kier alpha value is -6.80. The number of nitrogens with zero attached hydrogens (tertiary/aromatic N) is 8. The molecule has 358 valence electrons. The number of benzene rings is 3. The summed E-state index contributed by atoms with van der Waals surface area (Å²) in [6.07, 6.45) is 5.58. The number of hydrogen-bond acceptors (Lipinski definition) is 14. The van der Waals surface area contributed by atoms with Crippen LogP contribution in [0, 0.1) is 11.7 Å². The maximum Gasteiger partial charge on any atom is 0.329 e. The molecule has 4 aliphatic heterocycles. The predicted molar refractivity (Wildman–Crippen MR) is 252 cm³/mol. The maximum atomic E-state index is 15.4. The molecule has 0 radical (unpaired) electrons. The summed E-state index contributed by atoms with van der Waals surface area (Å²) in [7, 11) is -0.451. The molecule has 5 amide bonds. The molecule has 20 heteroatoms. The first kappa shape index (κ1) is 46.3. The Labute approximate surface area is 393 Å². The van der Waals surface area contributed by atoms with Crippen LogP contribution in [0.4, 0.5) is 26.5 Å². The van der Waals surface area contributed by atoms with Crippen LogP contribution in [0.5, 0.6) is 23.0 Å². The Morgan fingerprint density at radius 2 is 1.60 bits per heavy atom. The summed E-state index contributed by atoms with van der Waals surface area (Å²) >= 11 is 0. The smallest absolute Gasteiger partial charge is 0.329 e. The molecule has 1 atom stereocenters. The average Bonchev–Trinajstić information content (AvgIpc) is 3.77. The van der Waals surface area contributed by atoms with Gasteiger partial charge in [-0.05, 0) is 92.7 Å². The van der Waals surface area contributed by atoms with Crippen molar-refractivity contribution in [2.45, 2.75) is 38.6 Å². The second kappa shape index (κ2) is 19.1. The highest BCUT2D eigenvalue weighted by atomic mass is 32.2. The van der Waals surface area contributed by atoms with E-state index in [-0.39, 0.29) is 41.6 Å². The molecule has 6 heterocycles. The Morgan fingerprint density at radius 3 is 2.29 bits per heavy atom. The van der Waals surface area contributed by atoms with Crippen molar-refractivity contribution in [2.75, 3.05) is 92.8 Å². The van der Waals surface area contributed by atoms with Gasteiger partial charge in [-0.1, -0.05) is 6.07 Å². The number of amides is 5. The molecule has 4 aliphatic rings. The van der Waals surface area contributed by atoms with Crippen molar-refractivity contribution >= 4 is 61.8 Å². The standard InChI is InChI=1S/C48H54FN9O9S/c1-5-66-41-26-31(6-11-39(41)65-3)38(29-68(4,63)64)58-46(60)34-12-17-50-45(43(34)47(58)61)56-19-14-30(15-20-56)13-18-54-22-24-55(25-23-54)32-7-9-33(10-8-32)67-40-28-37-35(27-36(40)49)44(52-53(37)2)57-21-16-42(59)51-48(57)62/h6-12,17,26-28,30,38H,5,13-16,18-25,29H2,1-4H3,(H,51,59,62)/t38-/m1/s1. The van der Waals surface area contributed by atoms with Gasteiger partial charge in [0.05, 0.1) is 42.2 Å². The Balaban J connectivity index is 0.771. The molecule has 0 spiro atoms. The highest BCUT2D eigenvalue weighted by molar-refractivity contribution is 7.90. The van der Waals surface area contributed by atoms with E-state index in [0.717, 1.165) is 68.8 Å². The van der Waals surface area contributed by atoms with E-state index < -0.39 is 45.3 Å². The van der Waals surface area contributed by atoms with Gasteiger partial charge in [-0.3, -0.25) is 39.1 Å². The van der Waals surface area contributed by atoms with Crippen molar-refractivity contribution in [3.05, 3.63) is 89.4 Å². The largest absolute Gasteiger partial charge is 0.493 e. The fraction of sp³-hybridized carbons (Fsp3) is 0.417. The van der Waals surface area contributed by atoms with Crippen molar-refractivity contribution in [3.63, 3.8) is 0 Å². The zero-order chi connectivity index (χ0) is 47.9. The molecule has 3 saturated heterocycles. The van der Waals surface area contributed by atoms with Gasteiger partial charge in [0.15, 0.2) is 28.9 Å². The Kier molecular flexibility index (Phi) is 13.0. The summed E-state index contributed by atoms with van der Waals surface area (Å²) < 4.78 is 59.6. The summed E-state index contributed by atoms with van der Waals surface area (Å²) in [4.78, 5) is 66.3. The molecule has 0 aliphatic carbocycles. The fourth-order valence-corrected chi connectivity index (χ4v) is 10.6. The van der Waals surface area contributed by atoms with Crippen LogP contribution in [-0.2, 0) is 21.7 Å². The van der Waals surface area contributed by atoms with Crippen LogP contribution in [-0.4, -0.2) is 135 Å². The van der Waals surface area contributed by atoms with Crippen molar-refractivity contribution < 1.29 is 46.2 Å². The molecule has 1 N–H and O–H groups in total. The minimum absolute atomic E-state index is 0.0242. The zero-order valence-corrected chi connectivity index (χ0v) is 39.3. The van der Waals surface area contributed by atoms with E-state index in [2.05, 4.69) is 30.1 Å². The number of hydrogen-bond donors (Lipinski definition) is 1. The van der Waals surface area contributed by atoms with E-state index in [1.807, 2.05) is 31.2 Å². The summed E-state index contributed by atoms with van der Waals surface area (Å²) in [5, 5.41) is 7.15. The van der Waals surface area contributed by atoms with E-state index >= 15 is 4.39 Å². The molecule has 68 heavy (non-hydrogen) atoms. The molecule has 0 unspecified atom stereocenters. The monoisotopic (exact) mass is 951 g/mol. The third-order valence-corrected chi connectivity index (χ3v) is 14.1. The van der Waals surface area contributed by atoms with Gasteiger partial charge in [0.2, 0.25) is 5.91 Å². The number of piperidine rings is 1. The molecule has 5 aromatic rings. The summed E-state index contributed by atoms with van der Waals surface area (Å²) in [6, 6.07) is 15.2. The van der Waals surface area contributed by atoms with Crippen molar-refractivity contribution in [1.29, 1.82) is 0 Å². The van der Waals surface area contributed by atoms with Gasteiger partial charge in [0.25, 0.3) is 11.8 Å². The second-order valence-electron chi connectivity index (χ2n) is 17.6. The third-order valence-electron chi connectivity index (χ3n) is 13.2. The molecule has 0 saturated carbocycles. The van der Waals surface area contributed by atoms with Gasteiger partial charge < -0.3 is 24.0 Å². The number of imide groups is 2. The van der Waals surface area contributed by atoms with E-state index in [1.54, 1.807) is 36.0 Å². The van der Waals surface area contributed by atoms with Crippen molar-refractivity contribution in [3.8, 4) is 23.0 Å². The van der Waals surface area contributed by atoms with Crippen molar-refractivity contribution in [2.24, 2.45) is 13.0 Å². The number of anilines is 3. The first-order valence-corrected chi connectivity index (χ1v) is 24.9. The van der Waals surface area contributed by atoms with Crippen LogP contribution < -0.4 is 34.2 Å². The Morgan fingerprint density at radius 1 is 0.853 bits per heavy atom. The summed E-state index contributed by atoms with van der Waals surface area (Å²) in [5.41, 5.74) is 2.46. The van der Waals surface area contributed by atoms with Gasteiger partial charge in [-0.2, -0.15) is 5.10 Å². The van der Waals surface area contributed by atoms with Crippen LogP contribution >= 0.6 is 0 Å². The van der Waals surface area contributed by atoms with Crippen LogP contribution in [0.1, 0.15) is 64.9 Å². The number of halogens is 1. The highest BCUT2D eigenvalue weighted by Gasteiger charge is 2.45. The van der Waals surface area contributed by atoms with Gasteiger partial charge in [0.1, 0.15) is 21.4 Å². The topological polar surface area (TPSA) is 189 Å². The lowest BCUT2D eigenvalue weighted by molar-refractivity contribution is -0.120. The molecule has 3 aromatic carbocycles. The van der Waals surface area contributed by atoms with Crippen LogP contribution in [0.25, 0.3) is 10.9 Å². The number of carbonyl (C=O) groups excluding carboxylic acids is 4. The predicted octanol–water partition coefficient (Wildman–Crippen LogP) is 5.56. The van der Waals surface area contributed by atoms with E-state index in [4.69, 9.17) is 14.2 Å². The molecule has 0 bridgehead atoms. The lowest BCUT2D eigenvalue weighted by Crippen LogP contribution is -2.49. The van der Waals surface area contributed by atoms with Gasteiger partial charge in [0, 0.05) is 88.9 Å². The number of pyridine rings is 1. The fourth-order valence-electron chi connectivity index (χ4n) is 9.64. The summed E-state index contributed by atoms with van der Waals surface area (Å²) in [6.45, 7) is 8.10. The maximum absolute atomic E-state index is 15.4. The highest BCUT2D eigenvalue weighted by Crippen LogP contribution is 2.40. The number of sulfone groups is 1. The number of aromatic nitrogens is 3. The normalized spacial score (nSPS) is 17.8. The Bertz CT molecular complexity index is 2880. The molecular formula is C48H54FN9O9S. The average molecular weight is 952 g/mol. The lowest BCUT2D eigenvalue weighted by atomic mass is 9.93. The van der Waals surface area contributed by atoms with E-state index in [0.29, 0.717) is 65.1 Å². The summed E-state index contributed by atoms with van der Waals surface area (Å²) in [5.74, 6) is -0.0434. The molecular weight excluding hydrogens is 898 g/mol. The first-order valence-electron chi connectivity index (χ1n) is 22.8. The molecule has 18 nitrogen and oxygen atoms in total. The number of methoxy groups -OCH3 is 1. The number of urea groups is 1. The first-order chi connectivity index (χ1) is 32.7. The SMILES string of the molecule is CCOc1cc([C@@H](CS(C)(=O)=O)N2C(=O)c3ccnc(N4CCC(CCN5CCN(c6ccc(Oc7cc8c(cc7F)c(N7CCC(=O)NC7=O)nn8C)cc6)CC5)CC4)c3C2=O)ccc1OC. The quantitative estimate of drug-likeness (QED) is 0.128.